The van der Waals surface area contributed by atoms with Crippen LogP contribution < -0.4 is 5.32 Å². The zero-order valence-corrected chi connectivity index (χ0v) is 10.0. The molecule has 1 saturated heterocycles. The summed E-state index contributed by atoms with van der Waals surface area (Å²) in [5.74, 6) is 0.886. The molecule has 0 aromatic carbocycles. The maximum atomic E-state index is 4.14. The number of nitrogens with zero attached hydrogens (tertiary/aromatic N) is 2. The van der Waals surface area contributed by atoms with Crippen molar-refractivity contribution in [2.45, 2.75) is 19.4 Å². The number of rotatable bonds is 5. The van der Waals surface area contributed by atoms with Crippen molar-refractivity contribution < 1.29 is 0 Å². The first-order chi connectivity index (χ1) is 7.84. The van der Waals surface area contributed by atoms with Crippen LogP contribution in [0.2, 0.25) is 0 Å². The summed E-state index contributed by atoms with van der Waals surface area (Å²) in [5.41, 5.74) is 1.30. The summed E-state index contributed by atoms with van der Waals surface area (Å²) in [6.07, 6.45) is 6.44. The lowest BCUT2D eigenvalue weighted by Gasteiger charge is -2.18. The van der Waals surface area contributed by atoms with Crippen molar-refractivity contribution >= 4 is 0 Å². The molecular weight excluding hydrogens is 198 g/mol. The van der Waals surface area contributed by atoms with Crippen LogP contribution in [0.15, 0.2) is 24.5 Å². The SMILES string of the molecule is CN(CCC1CCNC1)Cc1cccnc1. The summed E-state index contributed by atoms with van der Waals surface area (Å²) in [7, 11) is 2.19. The molecule has 1 fully saturated rings. The molecule has 1 aromatic heterocycles. The largest absolute Gasteiger partial charge is 0.316 e. The van der Waals surface area contributed by atoms with E-state index in [4.69, 9.17) is 0 Å². The van der Waals surface area contributed by atoms with E-state index in [0.717, 1.165) is 12.5 Å². The minimum absolute atomic E-state index is 0.886. The lowest BCUT2D eigenvalue weighted by molar-refractivity contribution is 0.298. The zero-order valence-electron chi connectivity index (χ0n) is 10.0. The van der Waals surface area contributed by atoms with Gasteiger partial charge in [-0.05, 0) is 57.1 Å². The second-order valence-electron chi connectivity index (χ2n) is 4.75. The Morgan fingerprint density at radius 2 is 2.50 bits per heavy atom. The van der Waals surface area contributed by atoms with Crippen molar-refractivity contribution in [2.24, 2.45) is 5.92 Å². The van der Waals surface area contributed by atoms with Gasteiger partial charge in [0.05, 0.1) is 0 Å². The summed E-state index contributed by atoms with van der Waals surface area (Å²) in [6.45, 7) is 4.60. The van der Waals surface area contributed by atoms with Crippen LogP contribution in [0.5, 0.6) is 0 Å². The van der Waals surface area contributed by atoms with Gasteiger partial charge in [-0.2, -0.15) is 0 Å². The van der Waals surface area contributed by atoms with E-state index in [9.17, 15) is 0 Å². The van der Waals surface area contributed by atoms with E-state index in [2.05, 4.69) is 28.3 Å². The first-order valence-corrected chi connectivity index (χ1v) is 6.13. The van der Waals surface area contributed by atoms with Crippen LogP contribution in [0.25, 0.3) is 0 Å². The molecule has 3 heteroatoms. The second-order valence-corrected chi connectivity index (χ2v) is 4.75. The first kappa shape index (κ1) is 11.6. The van der Waals surface area contributed by atoms with Crippen LogP contribution in [0.4, 0.5) is 0 Å². The molecule has 1 atom stereocenters. The van der Waals surface area contributed by atoms with Gasteiger partial charge in [-0.3, -0.25) is 4.98 Å². The van der Waals surface area contributed by atoms with Crippen molar-refractivity contribution in [3.63, 3.8) is 0 Å². The summed E-state index contributed by atoms with van der Waals surface area (Å²) < 4.78 is 0. The Hall–Kier alpha value is -0.930. The number of hydrogen-bond donors (Lipinski definition) is 1. The van der Waals surface area contributed by atoms with Gasteiger partial charge in [-0.15, -0.1) is 0 Å². The minimum atomic E-state index is 0.886. The molecule has 1 aliphatic rings. The fourth-order valence-corrected chi connectivity index (χ4v) is 2.25. The molecule has 2 heterocycles. The van der Waals surface area contributed by atoms with Gasteiger partial charge in [0.25, 0.3) is 0 Å². The van der Waals surface area contributed by atoms with Crippen LogP contribution in [-0.4, -0.2) is 36.6 Å². The zero-order chi connectivity index (χ0) is 11.2. The van der Waals surface area contributed by atoms with Gasteiger partial charge in [-0.1, -0.05) is 6.07 Å². The van der Waals surface area contributed by atoms with Crippen molar-refractivity contribution in [1.29, 1.82) is 0 Å². The van der Waals surface area contributed by atoms with E-state index in [1.807, 2.05) is 18.5 Å². The second kappa shape index (κ2) is 5.97. The molecule has 0 saturated carbocycles. The van der Waals surface area contributed by atoms with Crippen LogP contribution in [0.1, 0.15) is 18.4 Å². The summed E-state index contributed by atoms with van der Waals surface area (Å²) in [5, 5.41) is 3.42. The molecular formula is C13H21N3. The molecule has 3 nitrogen and oxygen atoms in total. The number of pyridine rings is 1. The average molecular weight is 219 g/mol. The monoisotopic (exact) mass is 219 g/mol. The molecule has 1 aromatic rings. The van der Waals surface area contributed by atoms with Gasteiger partial charge in [0.1, 0.15) is 0 Å². The van der Waals surface area contributed by atoms with E-state index in [1.54, 1.807) is 0 Å². The van der Waals surface area contributed by atoms with Gasteiger partial charge in [0, 0.05) is 18.9 Å². The Labute approximate surface area is 97.9 Å². The number of aromatic nitrogens is 1. The number of hydrogen-bond acceptors (Lipinski definition) is 3. The molecule has 0 aliphatic carbocycles. The molecule has 0 radical (unpaired) electrons. The van der Waals surface area contributed by atoms with Crippen molar-refractivity contribution in [3.05, 3.63) is 30.1 Å². The molecule has 0 bridgehead atoms. The Morgan fingerprint density at radius 1 is 1.56 bits per heavy atom. The van der Waals surface area contributed by atoms with Crippen LogP contribution in [0, 0.1) is 5.92 Å². The van der Waals surface area contributed by atoms with Gasteiger partial charge >= 0.3 is 0 Å². The highest BCUT2D eigenvalue weighted by molar-refractivity contribution is 5.07. The lowest BCUT2D eigenvalue weighted by atomic mass is 10.0. The van der Waals surface area contributed by atoms with Gasteiger partial charge in [0.15, 0.2) is 0 Å². The topological polar surface area (TPSA) is 28.2 Å². The van der Waals surface area contributed by atoms with Crippen LogP contribution in [0.3, 0.4) is 0 Å². The first-order valence-electron chi connectivity index (χ1n) is 6.13. The molecule has 1 unspecified atom stereocenters. The molecule has 1 N–H and O–H groups in total. The molecule has 0 amide bonds. The Bertz CT molecular complexity index is 293. The number of nitrogens with one attached hydrogen (secondary N) is 1. The minimum Gasteiger partial charge on any atom is -0.316 e. The quantitative estimate of drug-likeness (QED) is 0.813. The lowest BCUT2D eigenvalue weighted by Crippen LogP contribution is -2.22. The molecule has 2 rings (SSSR count). The molecule has 16 heavy (non-hydrogen) atoms. The van der Waals surface area contributed by atoms with Crippen molar-refractivity contribution in [1.82, 2.24) is 15.2 Å². The fourth-order valence-electron chi connectivity index (χ4n) is 2.25. The van der Waals surface area contributed by atoms with Gasteiger partial charge in [0.2, 0.25) is 0 Å². The van der Waals surface area contributed by atoms with Crippen molar-refractivity contribution in [2.75, 3.05) is 26.7 Å². The van der Waals surface area contributed by atoms with E-state index in [0.29, 0.717) is 0 Å². The van der Waals surface area contributed by atoms with E-state index < -0.39 is 0 Å². The Morgan fingerprint density at radius 3 is 3.19 bits per heavy atom. The predicted molar refractivity (Wildman–Crippen MR) is 66.2 cm³/mol. The molecule has 0 spiro atoms. The summed E-state index contributed by atoms with van der Waals surface area (Å²) in [6, 6.07) is 4.14. The van der Waals surface area contributed by atoms with E-state index in [-0.39, 0.29) is 0 Å². The van der Waals surface area contributed by atoms with Crippen molar-refractivity contribution in [3.8, 4) is 0 Å². The summed E-state index contributed by atoms with van der Waals surface area (Å²) >= 11 is 0. The van der Waals surface area contributed by atoms with Gasteiger partial charge in [-0.25, -0.2) is 0 Å². The normalized spacial score (nSPS) is 20.5. The Balaban J connectivity index is 1.69. The third-order valence-corrected chi connectivity index (χ3v) is 3.26. The van der Waals surface area contributed by atoms with E-state index in [1.165, 1.54) is 38.0 Å². The Kier molecular flexibility index (Phi) is 4.31. The fraction of sp³-hybridized carbons (Fsp3) is 0.615. The van der Waals surface area contributed by atoms with E-state index >= 15 is 0 Å². The van der Waals surface area contributed by atoms with Crippen LogP contribution >= 0.6 is 0 Å². The molecule has 88 valence electrons. The third-order valence-electron chi connectivity index (χ3n) is 3.26. The van der Waals surface area contributed by atoms with Crippen LogP contribution in [-0.2, 0) is 6.54 Å². The third kappa shape index (κ3) is 3.58. The van der Waals surface area contributed by atoms with Gasteiger partial charge < -0.3 is 10.2 Å². The maximum Gasteiger partial charge on any atom is 0.0312 e. The standard InChI is InChI=1S/C13H21N3/c1-16(8-5-12-4-7-15-9-12)11-13-3-2-6-14-10-13/h2-3,6,10,12,15H,4-5,7-9,11H2,1H3. The summed E-state index contributed by atoms with van der Waals surface area (Å²) in [4.78, 5) is 6.52. The highest BCUT2D eigenvalue weighted by Gasteiger charge is 2.14. The average Bonchev–Trinajstić information content (AvgIpc) is 2.81. The molecule has 1 aliphatic heterocycles. The highest BCUT2D eigenvalue weighted by atomic mass is 15.1. The predicted octanol–water partition coefficient (Wildman–Crippen LogP) is 1.51. The smallest absolute Gasteiger partial charge is 0.0312 e. The highest BCUT2D eigenvalue weighted by Crippen LogP contribution is 2.13. The maximum absolute atomic E-state index is 4.14.